The first-order valence-electron chi connectivity index (χ1n) is 8.99. The van der Waals surface area contributed by atoms with E-state index in [2.05, 4.69) is 11.6 Å². The maximum absolute atomic E-state index is 12.7. The highest BCUT2D eigenvalue weighted by Gasteiger charge is 2.56. The van der Waals surface area contributed by atoms with E-state index in [9.17, 15) is 14.2 Å². The second-order valence-corrected chi connectivity index (χ2v) is 9.05. The summed E-state index contributed by atoms with van der Waals surface area (Å²) in [5.41, 5.74) is -1.14. The Morgan fingerprint density at radius 2 is 2.04 bits per heavy atom. The molecule has 1 unspecified atom stereocenters. The van der Waals surface area contributed by atoms with E-state index in [1.807, 2.05) is 0 Å². The van der Waals surface area contributed by atoms with E-state index in [0.29, 0.717) is 0 Å². The summed E-state index contributed by atoms with van der Waals surface area (Å²) in [5, 5.41) is 0. The first-order chi connectivity index (χ1) is 13.2. The van der Waals surface area contributed by atoms with Gasteiger partial charge in [-0.3, -0.25) is 18.9 Å². The second-order valence-electron chi connectivity index (χ2n) is 6.94. The molecule has 2 aliphatic rings. The van der Waals surface area contributed by atoms with Gasteiger partial charge in [0.15, 0.2) is 12.0 Å². The van der Waals surface area contributed by atoms with Gasteiger partial charge in [0.25, 0.3) is 5.56 Å². The Bertz CT molecular complexity index is 878. The van der Waals surface area contributed by atoms with Gasteiger partial charge in [-0.25, -0.2) is 4.79 Å². The standard InChI is InChI=1S/C17H25N2O8P/c1-5-9-28(22,23-6-2)24-10-11-13-14(27-17(3,4)26-13)15(25-11)19-8-7-12(20)18-16(19)21/h5,7-8,11,13-15H,1,6,9-10H2,2-4H3,(H,18,20,21)/t11-,13-,14-,15-,28?/m1/s1. The molecule has 28 heavy (non-hydrogen) atoms. The number of rotatable bonds is 8. The molecule has 0 spiro atoms. The minimum atomic E-state index is -3.36. The van der Waals surface area contributed by atoms with Crippen molar-refractivity contribution in [3.8, 4) is 0 Å². The highest BCUT2D eigenvalue weighted by atomic mass is 31.2. The Morgan fingerprint density at radius 1 is 1.32 bits per heavy atom. The van der Waals surface area contributed by atoms with Crippen LogP contribution in [0.5, 0.6) is 0 Å². The summed E-state index contributed by atoms with van der Waals surface area (Å²) in [4.78, 5) is 25.7. The number of hydrogen-bond donors (Lipinski definition) is 1. The minimum absolute atomic E-state index is 0.0628. The van der Waals surface area contributed by atoms with Crippen molar-refractivity contribution < 1.29 is 27.8 Å². The van der Waals surface area contributed by atoms with Crippen LogP contribution in [0.4, 0.5) is 0 Å². The number of fused-ring (bicyclic) bond motifs is 1. The third-order valence-corrected chi connectivity index (χ3v) is 6.26. The number of H-pyrrole nitrogens is 1. The third kappa shape index (κ3) is 4.37. The average Bonchev–Trinajstić information content (AvgIpc) is 3.07. The van der Waals surface area contributed by atoms with Crippen molar-refractivity contribution in [2.24, 2.45) is 0 Å². The maximum Gasteiger partial charge on any atom is 0.334 e. The van der Waals surface area contributed by atoms with Crippen molar-refractivity contribution >= 4 is 7.60 Å². The molecule has 3 rings (SSSR count). The molecule has 10 nitrogen and oxygen atoms in total. The van der Waals surface area contributed by atoms with E-state index in [-0.39, 0.29) is 19.4 Å². The molecule has 1 aromatic rings. The molecule has 5 atom stereocenters. The molecule has 1 aromatic heterocycles. The zero-order chi connectivity index (χ0) is 20.5. The summed E-state index contributed by atoms with van der Waals surface area (Å²) in [6, 6.07) is 1.22. The first-order valence-corrected chi connectivity index (χ1v) is 10.7. The van der Waals surface area contributed by atoms with Crippen molar-refractivity contribution in [3.63, 3.8) is 0 Å². The van der Waals surface area contributed by atoms with Gasteiger partial charge in [-0.05, 0) is 20.8 Å². The molecule has 11 heteroatoms. The van der Waals surface area contributed by atoms with E-state index < -0.39 is 49.2 Å². The van der Waals surface area contributed by atoms with Gasteiger partial charge >= 0.3 is 13.3 Å². The highest BCUT2D eigenvalue weighted by Crippen LogP contribution is 2.50. The van der Waals surface area contributed by atoms with Crippen molar-refractivity contribution in [1.82, 2.24) is 9.55 Å². The monoisotopic (exact) mass is 416 g/mol. The largest absolute Gasteiger partial charge is 0.346 e. The van der Waals surface area contributed by atoms with Crippen LogP contribution in [-0.2, 0) is 27.8 Å². The predicted octanol–water partition coefficient (Wildman–Crippen LogP) is 1.39. The molecule has 2 fully saturated rings. The lowest BCUT2D eigenvalue weighted by molar-refractivity contribution is -0.200. The number of hydrogen-bond acceptors (Lipinski definition) is 8. The van der Waals surface area contributed by atoms with Crippen molar-refractivity contribution in [1.29, 1.82) is 0 Å². The molecule has 2 saturated heterocycles. The SMILES string of the molecule is C=CCP(=O)(OCC)OC[C@H]1O[C@@H](n2ccc(=O)[nH]c2=O)[C@@H]2OC(C)(C)O[C@@H]21. The number of aromatic nitrogens is 2. The topological polar surface area (TPSA) is 118 Å². The van der Waals surface area contributed by atoms with Crippen LogP contribution in [-0.4, -0.2) is 53.0 Å². The van der Waals surface area contributed by atoms with Crippen molar-refractivity contribution in [2.75, 3.05) is 19.4 Å². The summed E-state index contributed by atoms with van der Waals surface area (Å²) < 4.78 is 42.5. The van der Waals surface area contributed by atoms with Gasteiger partial charge in [-0.1, -0.05) is 6.08 Å². The van der Waals surface area contributed by atoms with Gasteiger partial charge in [0.1, 0.15) is 18.3 Å². The van der Waals surface area contributed by atoms with Crippen LogP contribution in [0, 0.1) is 0 Å². The fraction of sp³-hybridized carbons (Fsp3) is 0.647. The minimum Gasteiger partial charge on any atom is -0.346 e. The maximum atomic E-state index is 12.7. The highest BCUT2D eigenvalue weighted by molar-refractivity contribution is 7.54. The summed E-state index contributed by atoms with van der Waals surface area (Å²) in [5.74, 6) is -0.897. The zero-order valence-corrected chi connectivity index (χ0v) is 16.9. The second kappa shape index (κ2) is 8.06. The average molecular weight is 416 g/mol. The normalized spacial score (nSPS) is 30.7. The predicted molar refractivity (Wildman–Crippen MR) is 99.3 cm³/mol. The zero-order valence-electron chi connectivity index (χ0n) is 16.0. The molecule has 0 radical (unpaired) electrons. The van der Waals surface area contributed by atoms with Crippen LogP contribution in [0.3, 0.4) is 0 Å². The molecule has 0 bridgehead atoms. The van der Waals surface area contributed by atoms with Crippen LogP contribution in [0.15, 0.2) is 34.5 Å². The van der Waals surface area contributed by atoms with E-state index in [0.717, 1.165) is 0 Å². The number of ether oxygens (including phenoxy) is 3. The Kier molecular flexibility index (Phi) is 6.09. The molecular formula is C17H25N2O8P. The van der Waals surface area contributed by atoms with Crippen LogP contribution in [0.25, 0.3) is 0 Å². The fourth-order valence-corrected chi connectivity index (χ4v) is 4.70. The Labute approximate surface area is 161 Å². The van der Waals surface area contributed by atoms with Crippen LogP contribution in [0.2, 0.25) is 0 Å². The molecule has 1 N–H and O–H groups in total. The van der Waals surface area contributed by atoms with E-state index in [1.54, 1.807) is 20.8 Å². The lowest BCUT2D eigenvalue weighted by Crippen LogP contribution is -2.37. The van der Waals surface area contributed by atoms with Crippen molar-refractivity contribution in [3.05, 3.63) is 45.8 Å². The van der Waals surface area contributed by atoms with Crippen LogP contribution >= 0.6 is 7.60 Å². The summed E-state index contributed by atoms with van der Waals surface area (Å²) >= 11 is 0. The number of aromatic amines is 1. The number of nitrogens with one attached hydrogen (secondary N) is 1. The molecular weight excluding hydrogens is 391 g/mol. The van der Waals surface area contributed by atoms with Gasteiger partial charge in [-0.2, -0.15) is 0 Å². The van der Waals surface area contributed by atoms with E-state index in [1.165, 1.54) is 22.9 Å². The third-order valence-electron chi connectivity index (χ3n) is 4.36. The fourth-order valence-electron chi connectivity index (χ4n) is 3.33. The number of nitrogens with zero attached hydrogens (tertiary/aromatic N) is 1. The van der Waals surface area contributed by atoms with Gasteiger partial charge in [0.05, 0.1) is 19.4 Å². The van der Waals surface area contributed by atoms with Crippen LogP contribution < -0.4 is 11.2 Å². The molecule has 0 saturated carbocycles. The summed E-state index contributed by atoms with van der Waals surface area (Å²) in [6.07, 6.45) is 0.202. The molecule has 0 aliphatic carbocycles. The molecule has 0 amide bonds. The Morgan fingerprint density at radius 3 is 2.68 bits per heavy atom. The van der Waals surface area contributed by atoms with Gasteiger partial charge in [0.2, 0.25) is 0 Å². The Hall–Kier alpha value is -1.55. The quantitative estimate of drug-likeness (QED) is 0.499. The lowest BCUT2D eigenvalue weighted by Gasteiger charge is -2.25. The molecule has 0 aromatic carbocycles. The lowest BCUT2D eigenvalue weighted by atomic mass is 10.1. The molecule has 2 aliphatic heterocycles. The molecule has 156 valence electrons. The van der Waals surface area contributed by atoms with Crippen LogP contribution in [0.1, 0.15) is 27.0 Å². The van der Waals surface area contributed by atoms with Gasteiger partial charge in [0, 0.05) is 12.3 Å². The molecule has 3 heterocycles. The van der Waals surface area contributed by atoms with Gasteiger partial charge < -0.3 is 23.3 Å². The van der Waals surface area contributed by atoms with Crippen molar-refractivity contribution in [2.45, 2.75) is 51.1 Å². The summed E-state index contributed by atoms with van der Waals surface area (Å²) in [6.45, 7) is 8.93. The van der Waals surface area contributed by atoms with Gasteiger partial charge in [-0.15, -0.1) is 6.58 Å². The Balaban J connectivity index is 1.82. The summed E-state index contributed by atoms with van der Waals surface area (Å²) in [7, 11) is -3.36. The number of allylic oxidation sites excluding steroid dienone is 1. The van der Waals surface area contributed by atoms with E-state index >= 15 is 0 Å². The first kappa shape index (κ1) is 21.2. The smallest absolute Gasteiger partial charge is 0.334 e. The van der Waals surface area contributed by atoms with E-state index in [4.69, 9.17) is 23.3 Å².